The predicted octanol–water partition coefficient (Wildman–Crippen LogP) is 2.61. The van der Waals surface area contributed by atoms with E-state index < -0.39 is 23.6 Å². The molecule has 2 aromatic rings. The minimum atomic E-state index is -0.593. The van der Waals surface area contributed by atoms with Crippen molar-refractivity contribution in [3.63, 3.8) is 0 Å². The average Bonchev–Trinajstić information content (AvgIpc) is 3.04. The third-order valence-electron chi connectivity index (χ3n) is 5.00. The zero-order valence-electron chi connectivity index (χ0n) is 17.0. The highest BCUT2D eigenvalue weighted by Gasteiger charge is 2.36. The van der Waals surface area contributed by atoms with Gasteiger partial charge in [0, 0.05) is 13.1 Å². The quantitative estimate of drug-likeness (QED) is 0.465. The van der Waals surface area contributed by atoms with Gasteiger partial charge in [-0.05, 0) is 47.7 Å². The van der Waals surface area contributed by atoms with Gasteiger partial charge < -0.3 is 25.2 Å². The smallest absolute Gasteiger partial charge is 0.294 e. The highest BCUT2D eigenvalue weighted by Crippen LogP contribution is 2.34. The molecule has 0 atom stereocenters. The largest absolute Gasteiger partial charge is 0.504 e. The summed E-state index contributed by atoms with van der Waals surface area (Å²) in [5.74, 6) is -1.71. The van der Waals surface area contributed by atoms with Crippen LogP contribution in [0, 0.1) is 0 Å². The van der Waals surface area contributed by atoms with Crippen molar-refractivity contribution in [1.82, 2.24) is 4.90 Å². The maximum Gasteiger partial charge on any atom is 0.294 e. The second-order valence-electron chi connectivity index (χ2n) is 7.18. The van der Waals surface area contributed by atoms with Crippen molar-refractivity contribution in [1.29, 1.82) is 0 Å². The molecule has 3 N–H and O–H groups in total. The molecule has 2 aromatic carbocycles. The summed E-state index contributed by atoms with van der Waals surface area (Å²) in [4.78, 5) is 40.8. The monoisotopic (exact) mass is 455 g/mol. The highest BCUT2D eigenvalue weighted by atomic mass is 32.2. The van der Waals surface area contributed by atoms with E-state index >= 15 is 0 Å². The first-order valence-electron chi connectivity index (χ1n) is 9.91. The molecule has 10 heteroatoms. The Hall–Kier alpha value is -3.50. The van der Waals surface area contributed by atoms with Gasteiger partial charge in [0.1, 0.15) is 6.54 Å². The van der Waals surface area contributed by atoms with Gasteiger partial charge in [-0.25, -0.2) is 0 Å². The number of carbonyl (C=O) groups excluding carboxylic acids is 3. The van der Waals surface area contributed by atoms with Crippen LogP contribution in [0.5, 0.6) is 11.5 Å². The first-order chi connectivity index (χ1) is 15.4. The molecule has 0 saturated carbocycles. The Labute approximate surface area is 188 Å². The fourth-order valence-electron chi connectivity index (χ4n) is 3.41. The molecule has 0 unspecified atom stereocenters. The van der Waals surface area contributed by atoms with Crippen LogP contribution in [-0.4, -0.2) is 65.0 Å². The fraction of sp³-hybridized carbons (Fsp3) is 0.227. The molecule has 2 fully saturated rings. The van der Waals surface area contributed by atoms with E-state index in [0.717, 1.165) is 10.6 Å². The number of ether oxygens (including phenoxy) is 1. The molecular formula is C22H21N3O6S. The number of nitrogens with zero attached hydrogens (tertiary/aromatic N) is 2. The van der Waals surface area contributed by atoms with Gasteiger partial charge in [0.25, 0.3) is 11.1 Å². The lowest BCUT2D eigenvalue weighted by Gasteiger charge is -2.30. The molecule has 0 radical (unpaired) electrons. The van der Waals surface area contributed by atoms with E-state index in [2.05, 4.69) is 10.2 Å². The molecule has 32 heavy (non-hydrogen) atoms. The number of thioether (sulfide) groups is 1. The van der Waals surface area contributed by atoms with E-state index in [1.807, 2.05) is 12.1 Å². The highest BCUT2D eigenvalue weighted by molar-refractivity contribution is 8.18. The number of anilines is 2. The number of rotatable bonds is 5. The first-order valence-corrected chi connectivity index (χ1v) is 10.7. The summed E-state index contributed by atoms with van der Waals surface area (Å²) in [7, 11) is 0. The summed E-state index contributed by atoms with van der Waals surface area (Å²) in [5.41, 5.74) is 1.89. The van der Waals surface area contributed by atoms with Crippen LogP contribution in [0.1, 0.15) is 5.56 Å². The Balaban J connectivity index is 1.45. The topological polar surface area (TPSA) is 119 Å². The van der Waals surface area contributed by atoms with Crippen LogP contribution in [0.2, 0.25) is 0 Å². The number of aromatic hydroxyl groups is 2. The van der Waals surface area contributed by atoms with E-state index in [-0.39, 0.29) is 16.4 Å². The number of imide groups is 1. The molecule has 2 aliphatic rings. The summed E-state index contributed by atoms with van der Waals surface area (Å²) in [6.45, 7) is 2.19. The van der Waals surface area contributed by atoms with Crippen LogP contribution >= 0.6 is 11.8 Å². The minimum Gasteiger partial charge on any atom is -0.504 e. The van der Waals surface area contributed by atoms with Gasteiger partial charge in [0.05, 0.1) is 29.5 Å². The summed E-state index contributed by atoms with van der Waals surface area (Å²) in [6.07, 6.45) is 1.43. The number of amides is 3. The van der Waals surface area contributed by atoms with Crippen LogP contribution in [0.25, 0.3) is 6.08 Å². The molecule has 3 amide bonds. The standard InChI is InChI=1S/C22H21N3O6S/c26-17-6-5-14(11-18(17)27)12-19-21(29)25(22(30)32-19)13-20(28)23-15-3-1-2-4-16(15)24-7-9-31-10-8-24/h1-6,11-12,26-27H,7-10,13H2,(H,23,28)/b19-12+. The van der Waals surface area contributed by atoms with Crippen molar-refractivity contribution in [2.75, 3.05) is 43.1 Å². The Kier molecular flexibility index (Phi) is 6.33. The Morgan fingerprint density at radius 3 is 2.59 bits per heavy atom. The van der Waals surface area contributed by atoms with Crippen molar-refractivity contribution >= 4 is 46.3 Å². The summed E-state index contributed by atoms with van der Waals surface area (Å²) in [5, 5.41) is 21.3. The van der Waals surface area contributed by atoms with Crippen molar-refractivity contribution in [3.05, 3.63) is 52.9 Å². The third-order valence-corrected chi connectivity index (χ3v) is 5.91. The molecule has 2 heterocycles. The Morgan fingerprint density at radius 2 is 1.84 bits per heavy atom. The second kappa shape index (κ2) is 9.33. The third kappa shape index (κ3) is 4.71. The summed E-state index contributed by atoms with van der Waals surface area (Å²) in [6, 6.07) is 11.4. The van der Waals surface area contributed by atoms with E-state index in [1.165, 1.54) is 24.3 Å². The number of morpholine rings is 1. The lowest BCUT2D eigenvalue weighted by molar-refractivity contribution is -0.127. The number of nitrogens with one attached hydrogen (secondary N) is 1. The molecule has 0 spiro atoms. The summed E-state index contributed by atoms with van der Waals surface area (Å²) < 4.78 is 5.37. The van der Waals surface area contributed by atoms with E-state index in [1.54, 1.807) is 12.1 Å². The number of phenols is 2. The minimum absolute atomic E-state index is 0.126. The predicted molar refractivity (Wildman–Crippen MR) is 121 cm³/mol. The molecule has 9 nitrogen and oxygen atoms in total. The molecule has 0 aliphatic carbocycles. The van der Waals surface area contributed by atoms with Crippen LogP contribution in [-0.2, 0) is 14.3 Å². The van der Waals surface area contributed by atoms with Gasteiger partial charge in [-0.2, -0.15) is 0 Å². The van der Waals surface area contributed by atoms with E-state index in [9.17, 15) is 24.6 Å². The summed E-state index contributed by atoms with van der Waals surface area (Å²) >= 11 is 0.713. The molecule has 0 bridgehead atoms. The molecule has 166 valence electrons. The molecular weight excluding hydrogens is 434 g/mol. The molecule has 0 aromatic heterocycles. The molecule has 4 rings (SSSR count). The van der Waals surface area contributed by atoms with Gasteiger partial charge in [-0.15, -0.1) is 0 Å². The SMILES string of the molecule is O=C(CN1C(=O)S/C(=C/c2ccc(O)c(O)c2)C1=O)Nc1ccccc1N1CCOCC1. The van der Waals surface area contributed by atoms with Gasteiger partial charge in [0.2, 0.25) is 5.91 Å². The lowest BCUT2D eigenvalue weighted by Crippen LogP contribution is -2.38. The van der Waals surface area contributed by atoms with Crippen LogP contribution in [0.3, 0.4) is 0 Å². The van der Waals surface area contributed by atoms with Crippen LogP contribution in [0.15, 0.2) is 47.4 Å². The maximum absolute atomic E-state index is 12.7. The van der Waals surface area contributed by atoms with E-state index in [4.69, 9.17) is 4.74 Å². The van der Waals surface area contributed by atoms with Gasteiger partial charge in [0.15, 0.2) is 11.5 Å². The van der Waals surface area contributed by atoms with Crippen LogP contribution < -0.4 is 10.2 Å². The van der Waals surface area contributed by atoms with E-state index in [0.29, 0.717) is 49.3 Å². The first kappa shape index (κ1) is 21.7. The zero-order valence-corrected chi connectivity index (χ0v) is 17.8. The van der Waals surface area contributed by atoms with Crippen molar-refractivity contribution in [2.24, 2.45) is 0 Å². The second-order valence-corrected chi connectivity index (χ2v) is 8.17. The van der Waals surface area contributed by atoms with Crippen molar-refractivity contribution in [3.8, 4) is 11.5 Å². The van der Waals surface area contributed by atoms with Gasteiger partial charge in [-0.1, -0.05) is 18.2 Å². The van der Waals surface area contributed by atoms with Crippen LogP contribution in [0.4, 0.5) is 16.2 Å². The lowest BCUT2D eigenvalue weighted by atomic mass is 10.2. The fourth-order valence-corrected chi connectivity index (χ4v) is 4.25. The zero-order chi connectivity index (χ0) is 22.7. The number of hydrogen-bond donors (Lipinski definition) is 3. The Bertz CT molecular complexity index is 1100. The average molecular weight is 455 g/mol. The molecule has 2 saturated heterocycles. The number of phenolic OH excluding ortho intramolecular Hbond substituents is 2. The number of para-hydroxylation sites is 2. The van der Waals surface area contributed by atoms with Gasteiger partial charge >= 0.3 is 0 Å². The molecule has 2 aliphatic heterocycles. The number of benzene rings is 2. The van der Waals surface area contributed by atoms with Crippen molar-refractivity contribution in [2.45, 2.75) is 0 Å². The van der Waals surface area contributed by atoms with Gasteiger partial charge in [-0.3, -0.25) is 19.3 Å². The van der Waals surface area contributed by atoms with Crippen molar-refractivity contribution < 1.29 is 29.3 Å². The Morgan fingerprint density at radius 1 is 1.09 bits per heavy atom. The number of hydrogen-bond acceptors (Lipinski definition) is 8. The number of carbonyl (C=O) groups is 3. The normalized spacial score (nSPS) is 17.8. The maximum atomic E-state index is 12.7.